The Morgan fingerprint density at radius 3 is 2.61 bits per heavy atom. The zero-order valence-electron chi connectivity index (χ0n) is 10.7. The van der Waals surface area contributed by atoms with Crippen molar-refractivity contribution >= 4 is 10.8 Å². The van der Waals surface area contributed by atoms with E-state index in [0.717, 1.165) is 22.1 Å². The van der Waals surface area contributed by atoms with Gasteiger partial charge in [-0.3, -0.25) is 0 Å². The summed E-state index contributed by atoms with van der Waals surface area (Å²) in [5.41, 5.74) is 0.810. The Balaban J connectivity index is 2.45. The zero-order chi connectivity index (χ0) is 13.0. The molecule has 0 radical (unpaired) electrons. The number of ether oxygens (including phenoxy) is 2. The molecule has 3 heteroatoms. The molecule has 2 aromatic carbocycles. The van der Waals surface area contributed by atoms with Crippen LogP contribution in [0, 0.1) is 0 Å². The first-order valence-electron chi connectivity index (χ1n) is 6.05. The number of hydrogen-bond acceptors (Lipinski definition) is 3. The molecule has 96 valence electrons. The maximum absolute atomic E-state index is 9.81. The van der Waals surface area contributed by atoms with Crippen LogP contribution in [0.25, 0.3) is 10.8 Å². The average Bonchev–Trinajstić information content (AvgIpc) is 2.38. The van der Waals surface area contributed by atoms with Crippen molar-refractivity contribution in [3.05, 3.63) is 42.0 Å². The fraction of sp³-hybridized carbons (Fsp3) is 0.333. The molecule has 0 spiro atoms. The summed E-state index contributed by atoms with van der Waals surface area (Å²) >= 11 is 0. The topological polar surface area (TPSA) is 38.7 Å². The minimum Gasteiger partial charge on any atom is -0.490 e. The first-order chi connectivity index (χ1) is 8.74. The fourth-order valence-corrected chi connectivity index (χ4v) is 1.98. The predicted octanol–water partition coefficient (Wildman–Crippen LogP) is 2.92. The lowest BCUT2D eigenvalue weighted by Crippen LogP contribution is -2.07. The fourth-order valence-electron chi connectivity index (χ4n) is 1.98. The van der Waals surface area contributed by atoms with Gasteiger partial charge in [-0.25, -0.2) is 0 Å². The Morgan fingerprint density at radius 1 is 1.11 bits per heavy atom. The summed E-state index contributed by atoms with van der Waals surface area (Å²) in [6.07, 6.45) is -0.549. The molecule has 0 amide bonds. The van der Waals surface area contributed by atoms with Gasteiger partial charge in [-0.15, -0.1) is 0 Å². The van der Waals surface area contributed by atoms with Gasteiger partial charge in [0.05, 0.1) is 12.7 Å². The van der Waals surface area contributed by atoms with Crippen molar-refractivity contribution in [1.29, 1.82) is 0 Å². The van der Waals surface area contributed by atoms with Crippen LogP contribution in [-0.4, -0.2) is 25.4 Å². The molecule has 0 unspecified atom stereocenters. The number of aliphatic hydroxyl groups is 1. The zero-order valence-corrected chi connectivity index (χ0v) is 10.7. The molecule has 0 heterocycles. The van der Waals surface area contributed by atoms with Gasteiger partial charge in [0, 0.05) is 18.1 Å². The van der Waals surface area contributed by atoms with Crippen molar-refractivity contribution in [3.8, 4) is 5.75 Å². The maximum atomic E-state index is 9.81. The van der Waals surface area contributed by atoms with Crippen LogP contribution in [0.2, 0.25) is 0 Å². The van der Waals surface area contributed by atoms with E-state index in [9.17, 15) is 5.11 Å². The van der Waals surface area contributed by atoms with E-state index in [4.69, 9.17) is 9.47 Å². The van der Waals surface area contributed by atoms with E-state index >= 15 is 0 Å². The standard InChI is InChI=1S/C15H18O3/c1-11(16)13-8-7-12-5-3-4-6-14(12)15(13)18-10-9-17-2/h3-8,11,16H,9-10H2,1-2H3/t11-/m1/s1. The molecule has 0 aliphatic rings. The number of methoxy groups -OCH3 is 1. The van der Waals surface area contributed by atoms with Crippen molar-refractivity contribution in [2.24, 2.45) is 0 Å². The van der Waals surface area contributed by atoms with E-state index in [-0.39, 0.29) is 0 Å². The van der Waals surface area contributed by atoms with E-state index in [1.54, 1.807) is 14.0 Å². The molecule has 1 N–H and O–H groups in total. The quantitative estimate of drug-likeness (QED) is 0.824. The third kappa shape index (κ3) is 2.63. The van der Waals surface area contributed by atoms with Gasteiger partial charge < -0.3 is 14.6 Å². The van der Waals surface area contributed by atoms with Crippen LogP contribution in [0.4, 0.5) is 0 Å². The summed E-state index contributed by atoms with van der Waals surface area (Å²) in [4.78, 5) is 0. The third-order valence-corrected chi connectivity index (χ3v) is 2.89. The first kappa shape index (κ1) is 12.9. The second-order valence-electron chi connectivity index (χ2n) is 4.22. The van der Waals surface area contributed by atoms with Crippen molar-refractivity contribution in [3.63, 3.8) is 0 Å². The predicted molar refractivity (Wildman–Crippen MR) is 72.0 cm³/mol. The van der Waals surface area contributed by atoms with Crippen LogP contribution < -0.4 is 4.74 Å². The Morgan fingerprint density at radius 2 is 1.89 bits per heavy atom. The Hall–Kier alpha value is -1.58. The molecule has 0 aliphatic carbocycles. The van der Waals surface area contributed by atoms with Crippen LogP contribution >= 0.6 is 0 Å². The normalized spacial score (nSPS) is 12.6. The van der Waals surface area contributed by atoms with E-state index in [1.165, 1.54) is 0 Å². The van der Waals surface area contributed by atoms with Gasteiger partial charge in [0.15, 0.2) is 0 Å². The van der Waals surface area contributed by atoms with E-state index < -0.39 is 6.10 Å². The average molecular weight is 246 g/mol. The highest BCUT2D eigenvalue weighted by molar-refractivity contribution is 5.89. The van der Waals surface area contributed by atoms with E-state index in [2.05, 4.69) is 0 Å². The lowest BCUT2D eigenvalue weighted by atomic mass is 10.0. The number of hydrogen-bond donors (Lipinski definition) is 1. The molecule has 0 saturated carbocycles. The maximum Gasteiger partial charge on any atom is 0.133 e. The van der Waals surface area contributed by atoms with Crippen LogP contribution in [0.3, 0.4) is 0 Å². The summed E-state index contributed by atoms with van der Waals surface area (Å²) in [5, 5.41) is 11.9. The molecular weight excluding hydrogens is 228 g/mol. The molecule has 0 aromatic heterocycles. The summed E-state index contributed by atoms with van der Waals surface area (Å²) < 4.78 is 10.8. The Bertz CT molecular complexity index is 520. The van der Waals surface area contributed by atoms with Crippen molar-refractivity contribution in [1.82, 2.24) is 0 Å². The van der Waals surface area contributed by atoms with Gasteiger partial charge in [0.25, 0.3) is 0 Å². The smallest absolute Gasteiger partial charge is 0.133 e. The molecule has 0 bridgehead atoms. The van der Waals surface area contributed by atoms with Crippen LogP contribution in [0.1, 0.15) is 18.6 Å². The van der Waals surface area contributed by atoms with Crippen LogP contribution in [0.5, 0.6) is 5.75 Å². The highest BCUT2D eigenvalue weighted by Crippen LogP contribution is 2.33. The summed E-state index contributed by atoms with van der Waals surface area (Å²) in [6.45, 7) is 2.75. The lowest BCUT2D eigenvalue weighted by molar-refractivity contribution is 0.142. The summed E-state index contributed by atoms with van der Waals surface area (Å²) in [7, 11) is 1.64. The molecule has 2 aromatic rings. The van der Waals surface area contributed by atoms with Crippen molar-refractivity contribution in [2.75, 3.05) is 20.3 Å². The molecule has 1 atom stereocenters. The number of benzene rings is 2. The molecule has 18 heavy (non-hydrogen) atoms. The van der Waals surface area contributed by atoms with Crippen LogP contribution in [0.15, 0.2) is 36.4 Å². The van der Waals surface area contributed by atoms with Crippen molar-refractivity contribution in [2.45, 2.75) is 13.0 Å². The highest BCUT2D eigenvalue weighted by atomic mass is 16.5. The van der Waals surface area contributed by atoms with Crippen molar-refractivity contribution < 1.29 is 14.6 Å². The van der Waals surface area contributed by atoms with Gasteiger partial charge in [0.1, 0.15) is 12.4 Å². The largest absolute Gasteiger partial charge is 0.490 e. The van der Waals surface area contributed by atoms with Gasteiger partial charge in [-0.2, -0.15) is 0 Å². The van der Waals surface area contributed by atoms with Gasteiger partial charge in [0.2, 0.25) is 0 Å². The SMILES string of the molecule is COCCOc1c([C@@H](C)O)ccc2ccccc12. The summed E-state index contributed by atoms with van der Waals surface area (Å²) in [5.74, 6) is 0.750. The lowest BCUT2D eigenvalue weighted by Gasteiger charge is -2.16. The molecular formula is C15H18O3. The van der Waals surface area contributed by atoms with E-state index in [0.29, 0.717) is 13.2 Å². The second-order valence-corrected chi connectivity index (χ2v) is 4.22. The Labute approximate surface area is 107 Å². The molecule has 0 saturated heterocycles. The van der Waals surface area contributed by atoms with E-state index in [1.807, 2.05) is 36.4 Å². The molecule has 2 rings (SSSR count). The monoisotopic (exact) mass is 246 g/mol. The molecule has 0 aliphatic heterocycles. The number of rotatable bonds is 5. The molecule has 3 nitrogen and oxygen atoms in total. The minimum atomic E-state index is -0.549. The first-order valence-corrected chi connectivity index (χ1v) is 6.05. The van der Waals surface area contributed by atoms with Crippen LogP contribution in [-0.2, 0) is 4.74 Å². The van der Waals surface area contributed by atoms with Gasteiger partial charge >= 0.3 is 0 Å². The second kappa shape index (κ2) is 5.85. The van der Waals surface area contributed by atoms with Gasteiger partial charge in [-0.05, 0) is 12.3 Å². The summed E-state index contributed by atoms with van der Waals surface area (Å²) in [6, 6.07) is 11.9. The highest BCUT2D eigenvalue weighted by Gasteiger charge is 2.12. The van der Waals surface area contributed by atoms with Gasteiger partial charge in [-0.1, -0.05) is 36.4 Å². The number of fused-ring (bicyclic) bond motifs is 1. The third-order valence-electron chi connectivity index (χ3n) is 2.89. The number of aliphatic hydroxyl groups excluding tert-OH is 1. The Kier molecular flexibility index (Phi) is 4.18. The minimum absolute atomic E-state index is 0.476. The molecule has 0 fully saturated rings.